The number of hydrogen-bond donors (Lipinski definition) is 1. The Bertz CT molecular complexity index is 654. The lowest BCUT2D eigenvalue weighted by atomic mass is 9.95. The average Bonchev–Trinajstić information content (AvgIpc) is 3.04. The van der Waals surface area contributed by atoms with Crippen LogP contribution < -0.4 is 5.73 Å². The van der Waals surface area contributed by atoms with Crippen molar-refractivity contribution in [2.45, 2.75) is 25.4 Å². The minimum Gasteiger partial charge on any atom is -0.382 e. The molecule has 1 aromatic rings. The van der Waals surface area contributed by atoms with Gasteiger partial charge in [-0.3, -0.25) is 9.59 Å². The number of piperidine rings is 1. The molecule has 2 aliphatic heterocycles. The second kappa shape index (κ2) is 6.70. The smallest absolute Gasteiger partial charge is 0.266 e. The fourth-order valence-electron chi connectivity index (χ4n) is 2.94. The number of halogens is 1. The number of nitrogens with two attached hydrogens (primary N) is 1. The number of likely N-dealkylation sites (tertiary alicyclic amines) is 1. The van der Waals surface area contributed by atoms with E-state index in [2.05, 4.69) is 21.1 Å². The summed E-state index contributed by atoms with van der Waals surface area (Å²) in [5, 5.41) is 4.06. The number of nitrogens with zero attached hydrogens (tertiary/aromatic N) is 2. The topological polar surface area (TPSA) is 85.0 Å². The number of oxime groups is 1. The summed E-state index contributed by atoms with van der Waals surface area (Å²) in [6, 6.07) is 7.75. The van der Waals surface area contributed by atoms with E-state index >= 15 is 0 Å². The second-order valence-electron chi connectivity index (χ2n) is 5.85. The van der Waals surface area contributed by atoms with Crippen LogP contribution in [0.3, 0.4) is 0 Å². The number of carbonyl (C=O) groups is 2. The van der Waals surface area contributed by atoms with Crippen LogP contribution in [0.2, 0.25) is 0 Å². The van der Waals surface area contributed by atoms with Crippen molar-refractivity contribution in [3.63, 3.8) is 0 Å². The van der Waals surface area contributed by atoms with Crippen LogP contribution in [-0.4, -0.2) is 41.6 Å². The molecular weight excluding hydrogens is 362 g/mol. The van der Waals surface area contributed by atoms with Crippen molar-refractivity contribution < 1.29 is 14.4 Å². The molecule has 0 bridgehead atoms. The summed E-state index contributed by atoms with van der Waals surface area (Å²) in [7, 11) is 0. The number of carbonyl (C=O) groups excluding carboxylic acids is 2. The molecule has 0 aliphatic carbocycles. The maximum atomic E-state index is 12.5. The third-order valence-electron chi connectivity index (χ3n) is 4.31. The predicted molar refractivity (Wildman–Crippen MR) is 88.7 cm³/mol. The number of hydrogen-bond acceptors (Lipinski definition) is 4. The molecule has 23 heavy (non-hydrogen) atoms. The van der Waals surface area contributed by atoms with Crippen LogP contribution in [0.25, 0.3) is 0 Å². The van der Waals surface area contributed by atoms with Gasteiger partial charge >= 0.3 is 0 Å². The molecule has 7 heteroatoms. The fourth-order valence-corrected chi connectivity index (χ4v) is 3.34. The molecule has 6 nitrogen and oxygen atoms in total. The summed E-state index contributed by atoms with van der Waals surface area (Å²) in [5.41, 5.74) is 7.04. The van der Waals surface area contributed by atoms with E-state index in [1.54, 1.807) is 4.90 Å². The van der Waals surface area contributed by atoms with Crippen molar-refractivity contribution in [3.8, 4) is 0 Å². The lowest BCUT2D eigenvalue weighted by molar-refractivity contribution is -0.144. The fraction of sp³-hybridized carbons (Fsp3) is 0.438. The van der Waals surface area contributed by atoms with Gasteiger partial charge in [0.05, 0.1) is 5.71 Å². The van der Waals surface area contributed by atoms with Crippen LogP contribution in [-0.2, 0) is 14.4 Å². The van der Waals surface area contributed by atoms with E-state index in [0.29, 0.717) is 32.4 Å². The van der Waals surface area contributed by atoms with Crippen molar-refractivity contribution in [1.29, 1.82) is 0 Å². The quantitative estimate of drug-likeness (QED) is 0.866. The first kappa shape index (κ1) is 16.0. The minimum atomic E-state index is -0.575. The Morgan fingerprint density at radius 2 is 2.04 bits per heavy atom. The second-order valence-corrected chi connectivity index (χ2v) is 6.76. The Balaban J connectivity index is 1.58. The normalized spacial score (nSPS) is 21.7. The Hall–Kier alpha value is -1.89. The van der Waals surface area contributed by atoms with Gasteiger partial charge in [-0.15, -0.1) is 0 Å². The molecule has 1 saturated heterocycles. The maximum absolute atomic E-state index is 12.5. The summed E-state index contributed by atoms with van der Waals surface area (Å²) in [6.45, 7) is 1.08. The van der Waals surface area contributed by atoms with Gasteiger partial charge in [0.2, 0.25) is 12.0 Å². The van der Waals surface area contributed by atoms with Gasteiger partial charge in [0, 0.05) is 35.5 Å². The first-order chi connectivity index (χ1) is 11.0. The first-order valence-corrected chi connectivity index (χ1v) is 8.40. The Morgan fingerprint density at radius 1 is 1.30 bits per heavy atom. The molecule has 2 heterocycles. The van der Waals surface area contributed by atoms with Gasteiger partial charge in [0.15, 0.2) is 0 Å². The summed E-state index contributed by atoms with van der Waals surface area (Å²) in [5.74, 6) is -0.479. The highest BCUT2D eigenvalue weighted by Crippen LogP contribution is 2.23. The number of rotatable bonds is 3. The summed E-state index contributed by atoms with van der Waals surface area (Å²) in [4.78, 5) is 30.8. The monoisotopic (exact) mass is 379 g/mol. The van der Waals surface area contributed by atoms with Crippen molar-refractivity contribution in [1.82, 2.24) is 4.90 Å². The predicted octanol–water partition coefficient (Wildman–Crippen LogP) is 1.67. The molecule has 2 aliphatic rings. The van der Waals surface area contributed by atoms with Crippen LogP contribution in [0.15, 0.2) is 33.9 Å². The minimum absolute atomic E-state index is 0.0679. The molecule has 0 aromatic heterocycles. The molecule has 0 saturated carbocycles. The highest BCUT2D eigenvalue weighted by atomic mass is 79.9. The van der Waals surface area contributed by atoms with Gasteiger partial charge in [0.25, 0.3) is 5.91 Å². The van der Waals surface area contributed by atoms with Crippen LogP contribution in [0.4, 0.5) is 0 Å². The van der Waals surface area contributed by atoms with E-state index in [0.717, 1.165) is 15.7 Å². The van der Waals surface area contributed by atoms with Crippen LogP contribution in [0.1, 0.15) is 24.8 Å². The zero-order valence-corrected chi connectivity index (χ0v) is 14.2. The van der Waals surface area contributed by atoms with Crippen molar-refractivity contribution in [2.75, 3.05) is 13.1 Å². The SMILES string of the molecule is NC(=O)C1CCN(C(=O)[C@@H]2CC(c3cccc(Br)c3)=NO2)CC1. The Morgan fingerprint density at radius 3 is 2.70 bits per heavy atom. The summed E-state index contributed by atoms with van der Waals surface area (Å²) < 4.78 is 0.959. The molecule has 2 amide bonds. The molecule has 0 unspecified atom stereocenters. The third kappa shape index (κ3) is 3.55. The van der Waals surface area contributed by atoms with Crippen molar-refractivity contribution >= 4 is 33.5 Å². The molecule has 122 valence electrons. The zero-order chi connectivity index (χ0) is 16.4. The molecule has 1 aromatic carbocycles. The number of benzene rings is 1. The van der Waals surface area contributed by atoms with E-state index in [-0.39, 0.29) is 17.7 Å². The summed E-state index contributed by atoms with van der Waals surface area (Å²) in [6.07, 6.45) is 1.12. The average molecular weight is 380 g/mol. The number of primary amides is 1. The highest BCUT2D eigenvalue weighted by Gasteiger charge is 2.34. The molecule has 1 atom stereocenters. The maximum Gasteiger partial charge on any atom is 0.266 e. The number of amides is 2. The van der Waals surface area contributed by atoms with E-state index in [1.807, 2.05) is 24.3 Å². The van der Waals surface area contributed by atoms with E-state index in [4.69, 9.17) is 10.6 Å². The van der Waals surface area contributed by atoms with Gasteiger partial charge in [-0.25, -0.2) is 0 Å². The standard InChI is InChI=1S/C16H18BrN3O3/c17-12-3-1-2-11(8-12)13-9-14(23-19-13)16(22)20-6-4-10(5-7-20)15(18)21/h1-3,8,10,14H,4-7,9H2,(H2,18,21)/t14-/m0/s1. The van der Waals surface area contributed by atoms with Gasteiger partial charge in [-0.2, -0.15) is 0 Å². The zero-order valence-electron chi connectivity index (χ0n) is 12.6. The third-order valence-corrected chi connectivity index (χ3v) is 4.80. The van der Waals surface area contributed by atoms with Gasteiger partial charge in [-0.05, 0) is 25.0 Å². The van der Waals surface area contributed by atoms with E-state index < -0.39 is 6.10 Å². The van der Waals surface area contributed by atoms with Gasteiger partial charge in [-0.1, -0.05) is 33.2 Å². The van der Waals surface area contributed by atoms with Gasteiger partial charge in [0.1, 0.15) is 0 Å². The molecular formula is C16H18BrN3O3. The van der Waals surface area contributed by atoms with Crippen LogP contribution in [0.5, 0.6) is 0 Å². The molecule has 1 fully saturated rings. The molecule has 3 rings (SSSR count). The molecule has 0 radical (unpaired) electrons. The van der Waals surface area contributed by atoms with Crippen LogP contribution in [0, 0.1) is 5.92 Å². The lowest BCUT2D eigenvalue weighted by Crippen LogP contribution is -2.45. The summed E-state index contributed by atoms with van der Waals surface area (Å²) >= 11 is 3.42. The van der Waals surface area contributed by atoms with Crippen LogP contribution >= 0.6 is 15.9 Å². The van der Waals surface area contributed by atoms with Crippen molar-refractivity contribution in [2.24, 2.45) is 16.8 Å². The van der Waals surface area contributed by atoms with E-state index in [1.165, 1.54) is 0 Å². The first-order valence-electron chi connectivity index (χ1n) is 7.61. The highest BCUT2D eigenvalue weighted by molar-refractivity contribution is 9.10. The van der Waals surface area contributed by atoms with Crippen molar-refractivity contribution in [3.05, 3.63) is 34.3 Å². The van der Waals surface area contributed by atoms with Gasteiger partial charge < -0.3 is 15.5 Å². The largest absolute Gasteiger partial charge is 0.382 e. The molecule has 0 spiro atoms. The van der Waals surface area contributed by atoms with E-state index in [9.17, 15) is 9.59 Å². The Labute approximate surface area is 142 Å². The molecule has 2 N–H and O–H groups in total. The lowest BCUT2D eigenvalue weighted by Gasteiger charge is -2.31. The Kier molecular flexibility index (Phi) is 4.66.